The Bertz CT molecular complexity index is 1220. The summed E-state index contributed by atoms with van der Waals surface area (Å²) in [5.74, 6) is 1.31. The molecule has 8 nitrogen and oxygen atoms in total. The van der Waals surface area contributed by atoms with E-state index in [0.29, 0.717) is 55.4 Å². The molecule has 8 heteroatoms. The number of amides is 2. The van der Waals surface area contributed by atoms with Crippen LogP contribution in [0.25, 0.3) is 0 Å². The number of hydrazone groups is 1. The molecule has 0 spiro atoms. The molecule has 1 fully saturated rings. The Kier molecular flexibility index (Phi) is 8.75. The number of likely N-dealkylation sites (tertiary alicyclic amines) is 1. The third-order valence-corrected chi connectivity index (χ3v) is 6.29. The zero-order valence-electron chi connectivity index (χ0n) is 21.1. The van der Waals surface area contributed by atoms with Crippen LogP contribution < -0.4 is 19.6 Å². The van der Waals surface area contributed by atoms with Crippen molar-refractivity contribution in [3.63, 3.8) is 0 Å². The first kappa shape index (κ1) is 25.8. The van der Waals surface area contributed by atoms with Crippen molar-refractivity contribution in [3.05, 3.63) is 89.5 Å². The normalized spacial score (nSPS) is 13.8. The number of para-hydroxylation sites is 1. The van der Waals surface area contributed by atoms with Gasteiger partial charge in [-0.05, 0) is 42.7 Å². The Morgan fingerprint density at radius 3 is 2.27 bits per heavy atom. The van der Waals surface area contributed by atoms with Crippen molar-refractivity contribution in [2.24, 2.45) is 11.0 Å². The number of methoxy groups -OCH3 is 2. The van der Waals surface area contributed by atoms with E-state index in [1.165, 1.54) is 0 Å². The average Bonchev–Trinajstić information content (AvgIpc) is 2.96. The van der Waals surface area contributed by atoms with Crippen LogP contribution in [0.2, 0.25) is 0 Å². The van der Waals surface area contributed by atoms with E-state index in [1.807, 2.05) is 54.6 Å². The molecular formula is C29H31N3O5. The number of piperidine rings is 1. The van der Waals surface area contributed by atoms with Crippen molar-refractivity contribution < 1.29 is 23.8 Å². The van der Waals surface area contributed by atoms with Gasteiger partial charge in [-0.1, -0.05) is 42.5 Å². The number of nitrogens with zero attached hydrogens (tertiary/aromatic N) is 2. The highest BCUT2D eigenvalue weighted by Gasteiger charge is 2.28. The summed E-state index contributed by atoms with van der Waals surface area (Å²) in [7, 11) is 3.10. The maximum atomic E-state index is 13.0. The molecule has 0 atom stereocenters. The predicted molar refractivity (Wildman–Crippen MR) is 141 cm³/mol. The van der Waals surface area contributed by atoms with Crippen LogP contribution in [0, 0.1) is 5.92 Å². The van der Waals surface area contributed by atoms with Gasteiger partial charge in [0.25, 0.3) is 5.91 Å². The van der Waals surface area contributed by atoms with E-state index in [4.69, 9.17) is 14.2 Å². The zero-order chi connectivity index (χ0) is 26.0. The molecule has 0 radical (unpaired) electrons. The fourth-order valence-electron chi connectivity index (χ4n) is 4.17. The summed E-state index contributed by atoms with van der Waals surface area (Å²) in [6.45, 7) is 1.41. The van der Waals surface area contributed by atoms with Crippen LogP contribution in [0.1, 0.15) is 34.3 Å². The van der Waals surface area contributed by atoms with E-state index in [0.717, 1.165) is 11.1 Å². The van der Waals surface area contributed by atoms with Crippen LogP contribution in [0.3, 0.4) is 0 Å². The number of hydrogen-bond acceptors (Lipinski definition) is 6. The maximum Gasteiger partial charge on any atom is 0.254 e. The van der Waals surface area contributed by atoms with Crippen LogP contribution in [0.15, 0.2) is 77.9 Å². The van der Waals surface area contributed by atoms with Crippen LogP contribution >= 0.6 is 0 Å². The fourth-order valence-corrected chi connectivity index (χ4v) is 4.17. The van der Waals surface area contributed by atoms with Crippen LogP contribution in [-0.4, -0.2) is 50.2 Å². The largest absolute Gasteiger partial charge is 0.497 e. The van der Waals surface area contributed by atoms with Gasteiger partial charge in [-0.3, -0.25) is 9.59 Å². The number of rotatable bonds is 9. The second kappa shape index (κ2) is 12.6. The Morgan fingerprint density at radius 1 is 0.946 bits per heavy atom. The van der Waals surface area contributed by atoms with Gasteiger partial charge in [0.2, 0.25) is 5.91 Å². The molecule has 1 heterocycles. The highest BCUT2D eigenvalue weighted by Crippen LogP contribution is 2.25. The molecule has 0 saturated carbocycles. The first-order chi connectivity index (χ1) is 18.1. The number of ether oxygens (including phenoxy) is 3. The molecule has 1 aliphatic heterocycles. The van der Waals surface area contributed by atoms with E-state index < -0.39 is 0 Å². The van der Waals surface area contributed by atoms with Gasteiger partial charge in [0.15, 0.2) is 0 Å². The van der Waals surface area contributed by atoms with Gasteiger partial charge in [-0.15, -0.1) is 0 Å². The molecule has 37 heavy (non-hydrogen) atoms. The van der Waals surface area contributed by atoms with Gasteiger partial charge in [0, 0.05) is 36.2 Å². The highest BCUT2D eigenvalue weighted by atomic mass is 16.5. The molecule has 3 aromatic carbocycles. The van der Waals surface area contributed by atoms with Crippen LogP contribution in [0.5, 0.6) is 17.2 Å². The smallest absolute Gasteiger partial charge is 0.254 e. The molecule has 0 unspecified atom stereocenters. The quantitative estimate of drug-likeness (QED) is 0.349. The molecule has 1 aliphatic rings. The van der Waals surface area contributed by atoms with Crippen molar-refractivity contribution in [1.82, 2.24) is 10.3 Å². The minimum Gasteiger partial charge on any atom is -0.497 e. The van der Waals surface area contributed by atoms with Gasteiger partial charge < -0.3 is 19.1 Å². The molecule has 1 saturated heterocycles. The minimum atomic E-state index is -0.217. The van der Waals surface area contributed by atoms with Gasteiger partial charge in [0.1, 0.15) is 23.9 Å². The van der Waals surface area contributed by atoms with Crippen molar-refractivity contribution in [2.75, 3.05) is 27.3 Å². The first-order valence-corrected chi connectivity index (χ1v) is 12.2. The van der Waals surface area contributed by atoms with E-state index in [-0.39, 0.29) is 17.7 Å². The zero-order valence-corrected chi connectivity index (χ0v) is 21.1. The van der Waals surface area contributed by atoms with Crippen molar-refractivity contribution in [3.8, 4) is 17.2 Å². The molecule has 2 amide bonds. The van der Waals surface area contributed by atoms with E-state index in [2.05, 4.69) is 10.5 Å². The van der Waals surface area contributed by atoms with Crippen molar-refractivity contribution in [2.45, 2.75) is 19.4 Å². The van der Waals surface area contributed by atoms with Gasteiger partial charge in [-0.2, -0.15) is 5.10 Å². The third kappa shape index (κ3) is 6.88. The summed E-state index contributed by atoms with van der Waals surface area (Å²) in [4.78, 5) is 27.5. The standard InChI is InChI=1S/C29H31N3O5/c1-35-25-16-24(17-26(18-25)36-2)29(34)32-14-12-22(13-15-32)28(33)31-30-19-23-10-6-7-11-27(23)37-20-21-8-4-3-5-9-21/h3-11,16-19,22H,12-15,20H2,1-2H3,(H,31,33)/b30-19+. The lowest BCUT2D eigenvalue weighted by Crippen LogP contribution is -2.42. The first-order valence-electron chi connectivity index (χ1n) is 12.2. The lowest BCUT2D eigenvalue weighted by molar-refractivity contribution is -0.126. The summed E-state index contributed by atoms with van der Waals surface area (Å²) in [6.07, 6.45) is 2.71. The molecule has 0 aliphatic carbocycles. The second-order valence-electron chi connectivity index (χ2n) is 8.71. The summed E-state index contributed by atoms with van der Waals surface area (Å²) >= 11 is 0. The van der Waals surface area contributed by atoms with E-state index in [9.17, 15) is 9.59 Å². The monoisotopic (exact) mass is 501 g/mol. The van der Waals surface area contributed by atoms with E-state index >= 15 is 0 Å². The topological polar surface area (TPSA) is 89.5 Å². The van der Waals surface area contributed by atoms with Gasteiger partial charge in [-0.25, -0.2) is 5.43 Å². The number of hydrogen-bond donors (Lipinski definition) is 1. The predicted octanol–water partition coefficient (Wildman–Crippen LogP) is 4.29. The van der Waals surface area contributed by atoms with Gasteiger partial charge >= 0.3 is 0 Å². The van der Waals surface area contributed by atoms with Crippen LogP contribution in [-0.2, 0) is 11.4 Å². The van der Waals surface area contributed by atoms with Crippen molar-refractivity contribution in [1.29, 1.82) is 0 Å². The van der Waals surface area contributed by atoms with E-state index in [1.54, 1.807) is 43.5 Å². The Hall–Kier alpha value is -4.33. The SMILES string of the molecule is COc1cc(OC)cc(C(=O)N2CCC(C(=O)N/N=C/c3ccccc3OCc3ccccc3)CC2)c1. The Balaban J connectivity index is 1.29. The molecule has 0 aromatic heterocycles. The summed E-state index contributed by atoms with van der Waals surface area (Å²) < 4.78 is 16.5. The fraction of sp³-hybridized carbons (Fsp3) is 0.276. The molecule has 1 N–H and O–H groups in total. The molecule has 0 bridgehead atoms. The number of benzene rings is 3. The third-order valence-electron chi connectivity index (χ3n) is 6.29. The Morgan fingerprint density at radius 2 is 1.59 bits per heavy atom. The number of carbonyl (C=O) groups excluding carboxylic acids is 2. The molecule has 4 rings (SSSR count). The minimum absolute atomic E-state index is 0.110. The lowest BCUT2D eigenvalue weighted by atomic mass is 9.95. The Labute approximate surface area is 216 Å². The number of nitrogens with one attached hydrogen (secondary N) is 1. The van der Waals surface area contributed by atoms with Crippen molar-refractivity contribution >= 4 is 18.0 Å². The number of carbonyl (C=O) groups is 2. The van der Waals surface area contributed by atoms with Crippen LogP contribution in [0.4, 0.5) is 0 Å². The van der Waals surface area contributed by atoms with Gasteiger partial charge in [0.05, 0.1) is 20.4 Å². The maximum absolute atomic E-state index is 13.0. The summed E-state index contributed by atoms with van der Waals surface area (Å²) in [5.41, 5.74) is 4.98. The highest BCUT2D eigenvalue weighted by molar-refractivity contribution is 5.95. The molecule has 3 aromatic rings. The molecular weight excluding hydrogens is 470 g/mol. The second-order valence-corrected chi connectivity index (χ2v) is 8.71. The summed E-state index contributed by atoms with van der Waals surface area (Å²) in [6, 6.07) is 22.6. The summed E-state index contributed by atoms with van der Waals surface area (Å²) in [5, 5.41) is 4.16. The average molecular weight is 502 g/mol. The lowest BCUT2D eigenvalue weighted by Gasteiger charge is -2.31. The molecule has 192 valence electrons.